The van der Waals surface area contributed by atoms with Gasteiger partial charge in [0.05, 0.1) is 42.7 Å². The van der Waals surface area contributed by atoms with Gasteiger partial charge in [-0.05, 0) is 85.2 Å². The topological polar surface area (TPSA) is 693 Å². The van der Waals surface area contributed by atoms with E-state index in [1.54, 1.807) is 0 Å². The number of carbonyl (C=O) groups excluding carboxylic acids is 7. The second kappa shape index (κ2) is 60.9. The summed E-state index contributed by atoms with van der Waals surface area (Å²) in [5.74, 6) is -14.7. The zero-order valence-corrected chi connectivity index (χ0v) is 85.8. The molecular weight excluding hydrogens is 1810 g/mol. The molecule has 35 atom stereocenters. The maximum absolute atomic E-state index is 12.1. The molecule has 21 rings (SSSR count). The van der Waals surface area contributed by atoms with Crippen LogP contribution in [0.3, 0.4) is 0 Å². The van der Waals surface area contributed by atoms with Gasteiger partial charge in [0.25, 0.3) is 0 Å². The summed E-state index contributed by atoms with van der Waals surface area (Å²) in [6, 6.07) is 0. The first kappa shape index (κ1) is 122. The number of thioether (sulfide) groups is 7. The molecule has 14 N–H and O–H groups in total. The molecule has 0 aromatic rings. The predicted octanol–water partition coefficient (Wildman–Crippen LogP) is -37.0. The Morgan fingerprint density at radius 1 is 0.185 bits per heavy atom. The van der Waals surface area contributed by atoms with Crippen molar-refractivity contribution in [1.82, 2.24) is 0 Å². The molecule has 21 heterocycles. The molecule has 0 unspecified atom stereocenters. The number of aliphatic hydroxyl groups is 14. The minimum Gasteiger partial charge on any atom is -0.550 e. The molecule has 42 nitrogen and oxygen atoms in total. The first-order valence-corrected chi connectivity index (χ1v) is 43.4. The molecule has 56 heteroatoms. The third kappa shape index (κ3) is 36.3. The van der Waals surface area contributed by atoms with Crippen LogP contribution in [0.4, 0.5) is 0 Å². The summed E-state index contributed by atoms with van der Waals surface area (Å²) in [4.78, 5) is 81.1. The Hall–Kier alpha value is 4.62. The van der Waals surface area contributed by atoms with Crippen LogP contribution < -0.4 is 243 Å². The first-order chi connectivity index (χ1) is 53.1. The van der Waals surface area contributed by atoms with Gasteiger partial charge < -0.3 is 207 Å². The second-order valence-electron chi connectivity index (χ2n) is 26.8. The van der Waals surface area contributed by atoms with Gasteiger partial charge in [0, 0.05) is 82.1 Å². The normalized spacial score (nSPS) is 39.1. The Labute approximate surface area is 866 Å². The van der Waals surface area contributed by atoms with Crippen LogP contribution in [-0.2, 0) is 99.9 Å². The second-order valence-corrected chi connectivity index (χ2v) is 34.8. The Morgan fingerprint density at radius 3 is 0.378 bits per heavy atom. The molecule has 644 valence electrons. The van der Waals surface area contributed by atoms with Crippen molar-refractivity contribution < 1.29 is 414 Å². The van der Waals surface area contributed by atoms with Crippen molar-refractivity contribution in [2.24, 2.45) is 0 Å². The molecule has 21 saturated heterocycles. The van der Waals surface area contributed by atoms with E-state index >= 15 is 0 Å². The van der Waals surface area contributed by atoms with Crippen LogP contribution in [0.5, 0.6) is 0 Å². The summed E-state index contributed by atoms with van der Waals surface area (Å²) >= 11 is 5.93. The van der Waals surface area contributed by atoms with Gasteiger partial charge in [0.1, 0.15) is 128 Å². The largest absolute Gasteiger partial charge is 1.00 e. The van der Waals surface area contributed by atoms with E-state index in [1.807, 2.05) is 0 Å². The summed E-state index contributed by atoms with van der Waals surface area (Å²) in [5.41, 5.74) is 0. The van der Waals surface area contributed by atoms with Crippen LogP contribution in [0.2, 0.25) is 0 Å². The van der Waals surface area contributed by atoms with E-state index in [0.29, 0.717) is 0 Å². The third-order valence-corrected chi connectivity index (χ3v) is 26.1. The third-order valence-electron chi connectivity index (χ3n) is 18.7. The summed E-state index contributed by atoms with van der Waals surface area (Å²) in [7, 11) is 0. The zero-order chi connectivity index (χ0) is 81.9. The fraction of sp³-hybridized carbons (Fsp3) is 0.889. The Kier molecular flexibility index (Phi) is 62.2. The molecule has 0 radical (unpaired) electrons. The fourth-order valence-corrected chi connectivity index (χ4v) is 19.7. The van der Waals surface area contributed by atoms with E-state index in [4.69, 9.17) is 66.3 Å². The minimum absolute atomic E-state index is 0. The standard InChI is InChI=1S/C63H98O42S7.7Na/c64-29(65)1-8-106-15-22-50-36(78)43(85)57(92-22)100-51-23(16-107-9-2-30(66)67)94-59(45(87)38(51)80)102-53-25(18-109-11-4-32(70)71)96-61(47(89)40(53)82)104-55-27(20-111-13-6-34(74)75)98-63(49(91)42(55)84)105-56-28(21-112-14-7-35(76)77)97-62(48(90)41(56)83)103-54-26(19-110-12-5-33(72)73)95-60(46(88)39(54)81)101-52-24(17-108-10-3-31(68)69)93-58(99-50)44(86)37(52)79;;;;;;;/h22-28,36-63,78-91H,1-21H2,(H,64,65)(H,66,67)(H,68,69)(H,70,71)(H,72,73)(H,74,75)(H,76,77);;;;;;;/q;7*+1/p-7/t22-,23-,24-,25-,26-,27-,28-,36-,37-,38-,39-,40-,41-,42-,43-,44-,45-,46-,47-,48-,49-,50-,51-,52-,53-,54-,55-,56-,57-,58-,59-,60-,61-,62-,63-;;;;;;;/m1......./s1. The van der Waals surface area contributed by atoms with E-state index < -0.39 is 342 Å². The number of aliphatic hydroxyl groups excluding tert-OH is 14. The molecule has 14 bridgehead atoms. The van der Waals surface area contributed by atoms with Crippen molar-refractivity contribution in [3.8, 4) is 0 Å². The molecule has 0 amide bonds. The van der Waals surface area contributed by atoms with Crippen molar-refractivity contribution in [3.05, 3.63) is 0 Å². The van der Waals surface area contributed by atoms with Crippen LogP contribution >= 0.6 is 82.3 Å². The molecule has 21 aliphatic heterocycles. The van der Waals surface area contributed by atoms with Gasteiger partial charge in [-0.3, -0.25) is 0 Å². The van der Waals surface area contributed by atoms with Crippen molar-refractivity contribution in [3.63, 3.8) is 0 Å². The van der Waals surface area contributed by atoms with E-state index in [9.17, 15) is 141 Å². The average Bonchev–Trinajstić information content (AvgIpc) is 0.814. The van der Waals surface area contributed by atoms with Gasteiger partial charge in [-0.2, -0.15) is 82.3 Å². The molecule has 0 spiro atoms. The van der Waals surface area contributed by atoms with Crippen LogP contribution in [0.25, 0.3) is 0 Å². The van der Waals surface area contributed by atoms with E-state index in [-0.39, 0.29) is 247 Å². The Bertz CT molecular complexity index is 2480. The van der Waals surface area contributed by atoms with Gasteiger partial charge in [-0.25, -0.2) is 0 Å². The first-order valence-electron chi connectivity index (χ1n) is 35.3. The number of carbonyl (C=O) groups is 7. The van der Waals surface area contributed by atoms with E-state index in [0.717, 1.165) is 82.3 Å². The fourth-order valence-electron chi connectivity index (χ4n) is 12.8. The predicted molar refractivity (Wildman–Crippen MR) is 367 cm³/mol. The van der Waals surface area contributed by atoms with Crippen molar-refractivity contribution in [2.45, 2.75) is 260 Å². The molecule has 21 fully saturated rings. The van der Waals surface area contributed by atoms with Gasteiger partial charge in [-0.1, -0.05) is 0 Å². The number of hydrogen-bond acceptors (Lipinski definition) is 49. The van der Waals surface area contributed by atoms with Crippen molar-refractivity contribution >= 4 is 124 Å². The Balaban J connectivity index is 0.0000101. The maximum Gasteiger partial charge on any atom is 1.00 e. The zero-order valence-electron chi connectivity index (χ0n) is 66.1. The smallest absolute Gasteiger partial charge is 0.550 e. The number of carboxylic acid groups (broad SMARTS) is 7. The van der Waals surface area contributed by atoms with Crippen LogP contribution in [0, 0.1) is 0 Å². The molecule has 0 aromatic carbocycles. The molecule has 0 saturated carbocycles. The Morgan fingerprint density at radius 2 is 0.286 bits per heavy atom. The van der Waals surface area contributed by atoms with Gasteiger partial charge in [-0.15, -0.1) is 0 Å². The van der Waals surface area contributed by atoms with Crippen molar-refractivity contribution in [1.29, 1.82) is 0 Å². The molecule has 0 aliphatic carbocycles. The summed E-state index contributed by atoms with van der Waals surface area (Å²) in [6.07, 6.45) is -75.5. The average molecular weight is 1910 g/mol. The monoisotopic (exact) mass is 1900 g/mol. The van der Waals surface area contributed by atoms with Gasteiger partial charge in [0.15, 0.2) is 44.0 Å². The minimum atomic E-state index is -2.31. The van der Waals surface area contributed by atoms with Gasteiger partial charge in [0.2, 0.25) is 0 Å². The van der Waals surface area contributed by atoms with Crippen LogP contribution in [-0.4, -0.2) is 409 Å². The van der Waals surface area contributed by atoms with Crippen LogP contribution in [0.1, 0.15) is 44.9 Å². The number of hydrogen-bond donors (Lipinski definition) is 14. The molecule has 119 heavy (non-hydrogen) atoms. The maximum atomic E-state index is 12.1. The number of carboxylic acids is 7. The van der Waals surface area contributed by atoms with Crippen LogP contribution in [0.15, 0.2) is 0 Å². The number of aliphatic carboxylic acids is 7. The van der Waals surface area contributed by atoms with E-state index in [2.05, 4.69) is 0 Å². The molecule has 0 aromatic heterocycles. The summed E-state index contributed by atoms with van der Waals surface area (Å²) < 4.78 is 86.8. The summed E-state index contributed by atoms with van der Waals surface area (Å²) in [5, 5.41) is 250. The van der Waals surface area contributed by atoms with E-state index in [1.165, 1.54) is 0 Å². The number of rotatable bonds is 35. The SMILES string of the molecule is O=C([O-])CCSC[C@H]1O[C@@H]2O[C@H]3[C@H](O)[C@@H](O)[C@@H](O[C@H]4[C@H](O)[C@@H](O)[C@@H](O[C@H]5[C@H](O)[C@@H](O)[C@@H](O[C@H]6[C@H](O)[C@@H](O)[C@@H](O[C@H]7[C@H](O)[C@@H](O)[C@@H](O[C@H]8[C@H](O)[C@@H](O)[C@@H](O[C@H]1[C@H](O)[C@H]2O)O[C@@H]8CSCCC(=O)[O-])O[C@@H]7CSCCC(=O)[O-])O[C@@H]6CSCCC(=O)[O-])O[C@@H]5CSCCC(=O)[O-])O[C@@H]4CSCCC(=O)[O-])O[C@@H]3CSCCC(=O)[O-].[Na+].[Na+].[Na+].[Na+].[Na+].[Na+].[Na+]. The summed E-state index contributed by atoms with van der Waals surface area (Å²) in [6.45, 7) is 0. The van der Waals surface area contributed by atoms with Crippen molar-refractivity contribution in [2.75, 3.05) is 80.5 Å². The molecular formula is C63H91Na7O42S7. The number of ether oxygens (including phenoxy) is 14. The van der Waals surface area contributed by atoms with Gasteiger partial charge >= 0.3 is 207 Å². The quantitative estimate of drug-likeness (QED) is 0.0207. The molecule has 21 aliphatic rings.